The van der Waals surface area contributed by atoms with Crippen molar-refractivity contribution in [2.75, 3.05) is 13.2 Å². The van der Waals surface area contributed by atoms with E-state index in [9.17, 15) is 4.79 Å². The van der Waals surface area contributed by atoms with Crippen LogP contribution in [0.1, 0.15) is 33.6 Å². The molecular weight excluding hydrogens is 222 g/mol. The molecule has 4 heteroatoms. The van der Waals surface area contributed by atoms with Crippen LogP contribution in [0.4, 0.5) is 0 Å². The van der Waals surface area contributed by atoms with Crippen molar-refractivity contribution in [1.82, 2.24) is 4.90 Å². The number of nitrogens with zero attached hydrogens (tertiary/aromatic N) is 1. The zero-order chi connectivity index (χ0) is 11.7. The van der Waals surface area contributed by atoms with Gasteiger partial charge in [-0.15, -0.1) is 0 Å². The fourth-order valence-electron chi connectivity index (χ4n) is 2.04. The minimum atomic E-state index is -0.141. The molecule has 0 saturated carbocycles. The second kappa shape index (κ2) is 4.53. The van der Waals surface area contributed by atoms with Gasteiger partial charge in [0.2, 0.25) is 0 Å². The highest BCUT2D eigenvalue weighted by atomic mass is 32.2. The van der Waals surface area contributed by atoms with Crippen LogP contribution in [-0.4, -0.2) is 24.0 Å². The Morgan fingerprint density at radius 1 is 1.50 bits per heavy atom. The molecule has 3 nitrogen and oxygen atoms in total. The van der Waals surface area contributed by atoms with Gasteiger partial charge in [-0.1, -0.05) is 11.8 Å². The molecule has 0 aliphatic carbocycles. The second-order valence-electron chi connectivity index (χ2n) is 4.00. The molecule has 0 radical (unpaired) electrons. The van der Waals surface area contributed by atoms with Gasteiger partial charge in [0.25, 0.3) is 0 Å². The number of ether oxygens (including phenoxy) is 1. The van der Waals surface area contributed by atoms with Crippen LogP contribution >= 0.6 is 11.8 Å². The van der Waals surface area contributed by atoms with Crippen LogP contribution in [-0.2, 0) is 9.53 Å². The standard InChI is InChI=1S/C12H17NO2S/c1-4-15-12(14)10-6-5-7-13-8(2)9(3)16-11(10)13/h4-7H2,1-3H3. The molecule has 88 valence electrons. The molecular formula is C12H17NO2S. The Bertz CT molecular complexity index is 384. The summed E-state index contributed by atoms with van der Waals surface area (Å²) in [5.74, 6) is -0.141. The highest BCUT2D eigenvalue weighted by Gasteiger charge is 2.31. The first kappa shape index (κ1) is 11.6. The molecule has 0 aromatic heterocycles. The van der Waals surface area contributed by atoms with Crippen molar-refractivity contribution in [3.63, 3.8) is 0 Å². The Kier molecular flexibility index (Phi) is 3.28. The van der Waals surface area contributed by atoms with Crippen molar-refractivity contribution in [2.45, 2.75) is 33.6 Å². The van der Waals surface area contributed by atoms with Gasteiger partial charge in [-0.05, 0) is 33.6 Å². The third-order valence-corrected chi connectivity index (χ3v) is 4.26. The van der Waals surface area contributed by atoms with Gasteiger partial charge < -0.3 is 9.64 Å². The van der Waals surface area contributed by atoms with E-state index < -0.39 is 0 Å². The number of allylic oxidation sites excluding steroid dienone is 2. The maximum absolute atomic E-state index is 11.8. The molecule has 0 aromatic carbocycles. The first-order valence-electron chi connectivity index (χ1n) is 5.68. The monoisotopic (exact) mass is 239 g/mol. The number of esters is 1. The third-order valence-electron chi connectivity index (χ3n) is 3.00. The fraction of sp³-hybridized carbons (Fsp3) is 0.583. The maximum Gasteiger partial charge on any atom is 0.336 e. The van der Waals surface area contributed by atoms with Crippen LogP contribution in [0.5, 0.6) is 0 Å². The van der Waals surface area contributed by atoms with E-state index in [1.807, 2.05) is 6.92 Å². The highest BCUT2D eigenvalue weighted by Crippen LogP contribution is 2.45. The number of hydrogen-bond donors (Lipinski definition) is 0. The molecule has 0 fully saturated rings. The van der Waals surface area contributed by atoms with E-state index in [2.05, 4.69) is 18.7 Å². The van der Waals surface area contributed by atoms with E-state index in [1.165, 1.54) is 10.6 Å². The summed E-state index contributed by atoms with van der Waals surface area (Å²) < 4.78 is 5.10. The lowest BCUT2D eigenvalue weighted by Crippen LogP contribution is -2.26. The number of hydrogen-bond acceptors (Lipinski definition) is 4. The van der Waals surface area contributed by atoms with Gasteiger partial charge in [0.15, 0.2) is 0 Å². The van der Waals surface area contributed by atoms with E-state index in [-0.39, 0.29) is 5.97 Å². The van der Waals surface area contributed by atoms with Crippen molar-refractivity contribution in [3.8, 4) is 0 Å². The third kappa shape index (κ3) is 1.86. The van der Waals surface area contributed by atoms with E-state index in [1.54, 1.807) is 11.8 Å². The lowest BCUT2D eigenvalue weighted by Gasteiger charge is -2.27. The Morgan fingerprint density at radius 2 is 2.25 bits per heavy atom. The van der Waals surface area contributed by atoms with Crippen molar-refractivity contribution in [3.05, 3.63) is 21.2 Å². The van der Waals surface area contributed by atoms with Crippen LogP contribution in [0.3, 0.4) is 0 Å². The molecule has 0 N–H and O–H groups in total. The molecule has 0 bridgehead atoms. The molecule has 2 aliphatic rings. The van der Waals surface area contributed by atoms with Crippen LogP contribution in [0.15, 0.2) is 21.2 Å². The number of fused-ring (bicyclic) bond motifs is 1. The minimum Gasteiger partial charge on any atom is -0.463 e. The molecule has 0 spiro atoms. The number of rotatable bonds is 2. The first-order valence-corrected chi connectivity index (χ1v) is 6.50. The van der Waals surface area contributed by atoms with Gasteiger partial charge >= 0.3 is 5.97 Å². The predicted molar refractivity (Wildman–Crippen MR) is 65.6 cm³/mol. The topological polar surface area (TPSA) is 29.5 Å². The largest absolute Gasteiger partial charge is 0.463 e. The van der Waals surface area contributed by atoms with Gasteiger partial charge in [-0.3, -0.25) is 0 Å². The summed E-state index contributed by atoms with van der Waals surface area (Å²) in [7, 11) is 0. The first-order chi connectivity index (χ1) is 7.65. The summed E-state index contributed by atoms with van der Waals surface area (Å²) in [5.41, 5.74) is 2.13. The smallest absolute Gasteiger partial charge is 0.336 e. The van der Waals surface area contributed by atoms with E-state index in [0.717, 1.165) is 30.0 Å². The van der Waals surface area contributed by atoms with Crippen LogP contribution in [0.25, 0.3) is 0 Å². The summed E-state index contributed by atoms with van der Waals surface area (Å²) in [4.78, 5) is 15.4. The zero-order valence-electron chi connectivity index (χ0n) is 10.0. The Hall–Kier alpha value is -0.900. The van der Waals surface area contributed by atoms with Gasteiger partial charge in [-0.2, -0.15) is 0 Å². The lowest BCUT2D eigenvalue weighted by molar-refractivity contribution is -0.138. The molecule has 16 heavy (non-hydrogen) atoms. The van der Waals surface area contributed by atoms with Crippen LogP contribution in [0, 0.1) is 0 Å². The Labute approximate surface area is 101 Å². The summed E-state index contributed by atoms with van der Waals surface area (Å²) in [6, 6.07) is 0. The molecule has 0 saturated heterocycles. The van der Waals surface area contributed by atoms with E-state index >= 15 is 0 Å². The highest BCUT2D eigenvalue weighted by molar-refractivity contribution is 8.06. The summed E-state index contributed by atoms with van der Waals surface area (Å²) in [6.07, 6.45) is 1.88. The van der Waals surface area contributed by atoms with Gasteiger partial charge in [-0.25, -0.2) is 4.79 Å². The van der Waals surface area contributed by atoms with Gasteiger partial charge in [0, 0.05) is 17.1 Å². The minimum absolute atomic E-state index is 0.141. The average Bonchev–Trinajstić information content (AvgIpc) is 2.55. The zero-order valence-corrected chi connectivity index (χ0v) is 10.8. The van der Waals surface area contributed by atoms with Crippen molar-refractivity contribution in [1.29, 1.82) is 0 Å². The van der Waals surface area contributed by atoms with E-state index in [4.69, 9.17) is 4.74 Å². The fourth-order valence-corrected chi connectivity index (χ4v) is 3.23. The molecule has 2 heterocycles. The number of carbonyl (C=O) groups is 1. The van der Waals surface area contributed by atoms with Crippen LogP contribution in [0.2, 0.25) is 0 Å². The van der Waals surface area contributed by atoms with Crippen molar-refractivity contribution in [2.24, 2.45) is 0 Å². The Morgan fingerprint density at radius 3 is 2.94 bits per heavy atom. The molecule has 0 aromatic rings. The lowest BCUT2D eigenvalue weighted by atomic mass is 10.1. The maximum atomic E-state index is 11.8. The average molecular weight is 239 g/mol. The van der Waals surface area contributed by atoms with Crippen molar-refractivity contribution < 1.29 is 9.53 Å². The quantitative estimate of drug-likeness (QED) is 0.693. The summed E-state index contributed by atoms with van der Waals surface area (Å²) >= 11 is 1.70. The van der Waals surface area contributed by atoms with Crippen LogP contribution < -0.4 is 0 Å². The number of carbonyl (C=O) groups excluding carboxylic acids is 1. The summed E-state index contributed by atoms with van der Waals surface area (Å²) in [6.45, 7) is 7.54. The van der Waals surface area contributed by atoms with Gasteiger partial charge in [0.1, 0.15) is 0 Å². The van der Waals surface area contributed by atoms with Crippen molar-refractivity contribution >= 4 is 17.7 Å². The molecule has 2 aliphatic heterocycles. The van der Waals surface area contributed by atoms with Gasteiger partial charge in [0.05, 0.1) is 17.2 Å². The molecule has 2 rings (SSSR count). The SMILES string of the molecule is CCOC(=O)C1=C2SC(C)=C(C)N2CCC1. The predicted octanol–water partition coefficient (Wildman–Crippen LogP) is 2.86. The second-order valence-corrected chi connectivity index (χ2v) is 5.21. The Balaban J connectivity index is 2.29. The number of thioether (sulfide) groups is 1. The normalized spacial score (nSPS) is 20.3. The summed E-state index contributed by atoms with van der Waals surface area (Å²) in [5, 5.41) is 1.10. The molecule has 0 unspecified atom stereocenters. The van der Waals surface area contributed by atoms with E-state index in [0.29, 0.717) is 6.61 Å². The molecule has 0 atom stereocenters. The molecule has 0 amide bonds.